The minimum absolute atomic E-state index is 0.376. The molecule has 1 N–H and O–H groups in total. The van der Waals surface area contributed by atoms with E-state index in [1.54, 1.807) is 11.0 Å². The number of hydrogen-bond acceptors (Lipinski definition) is 5. The Labute approximate surface area is 125 Å². The molecule has 1 fully saturated rings. The standard InChI is InChI=1S/C15H22N6/c1-11-9-20(12(2)8-16-11)13(3)14-5-4-6-15(7-14)21-10-17-18-19-21/h4-7,10-13,16H,8-9H2,1-3H3. The Morgan fingerprint density at radius 2 is 2.19 bits per heavy atom. The zero-order chi connectivity index (χ0) is 14.8. The largest absolute Gasteiger partial charge is 0.311 e. The van der Waals surface area contributed by atoms with Crippen molar-refractivity contribution in [3.63, 3.8) is 0 Å². The number of benzene rings is 1. The number of piperazine rings is 1. The minimum atomic E-state index is 0.376. The third kappa shape index (κ3) is 2.96. The normalized spacial score (nSPS) is 24.9. The van der Waals surface area contributed by atoms with Gasteiger partial charge in [-0.15, -0.1) is 5.10 Å². The van der Waals surface area contributed by atoms with E-state index in [-0.39, 0.29) is 0 Å². The molecule has 0 amide bonds. The highest BCUT2D eigenvalue weighted by Gasteiger charge is 2.27. The van der Waals surface area contributed by atoms with Crippen molar-refractivity contribution in [3.05, 3.63) is 36.2 Å². The summed E-state index contributed by atoms with van der Waals surface area (Å²) >= 11 is 0. The maximum absolute atomic E-state index is 3.96. The highest BCUT2D eigenvalue weighted by molar-refractivity contribution is 5.35. The average Bonchev–Trinajstić information content (AvgIpc) is 3.03. The Kier molecular flexibility index (Phi) is 3.98. The summed E-state index contributed by atoms with van der Waals surface area (Å²) in [6.45, 7) is 8.90. The van der Waals surface area contributed by atoms with Crippen LogP contribution in [0.25, 0.3) is 5.69 Å². The molecule has 6 heteroatoms. The molecule has 1 aliphatic heterocycles. The molecule has 112 valence electrons. The average molecular weight is 286 g/mol. The fourth-order valence-electron chi connectivity index (χ4n) is 2.99. The van der Waals surface area contributed by atoms with Crippen molar-refractivity contribution >= 4 is 0 Å². The topological polar surface area (TPSA) is 58.9 Å². The zero-order valence-corrected chi connectivity index (χ0v) is 12.8. The summed E-state index contributed by atoms with van der Waals surface area (Å²) in [6.07, 6.45) is 1.62. The van der Waals surface area contributed by atoms with Crippen LogP contribution in [0.3, 0.4) is 0 Å². The van der Waals surface area contributed by atoms with Crippen LogP contribution in [0.1, 0.15) is 32.4 Å². The van der Waals surface area contributed by atoms with E-state index < -0.39 is 0 Å². The van der Waals surface area contributed by atoms with Crippen LogP contribution in [-0.2, 0) is 0 Å². The molecular weight excluding hydrogens is 264 g/mol. The van der Waals surface area contributed by atoms with Gasteiger partial charge in [-0.3, -0.25) is 4.90 Å². The summed E-state index contributed by atoms with van der Waals surface area (Å²) in [5.74, 6) is 0. The van der Waals surface area contributed by atoms with Crippen LogP contribution < -0.4 is 5.32 Å². The van der Waals surface area contributed by atoms with E-state index >= 15 is 0 Å². The Hall–Kier alpha value is -1.79. The molecule has 3 atom stereocenters. The summed E-state index contributed by atoms with van der Waals surface area (Å²) in [4.78, 5) is 2.56. The van der Waals surface area contributed by atoms with E-state index in [1.807, 2.05) is 6.07 Å². The van der Waals surface area contributed by atoms with Crippen molar-refractivity contribution in [2.45, 2.75) is 38.9 Å². The SMILES string of the molecule is CC1CN(C(C)c2cccc(-n3cnnn3)c2)C(C)CN1. The zero-order valence-electron chi connectivity index (χ0n) is 12.8. The second kappa shape index (κ2) is 5.91. The van der Waals surface area contributed by atoms with Crippen LogP contribution in [0.15, 0.2) is 30.6 Å². The lowest BCUT2D eigenvalue weighted by molar-refractivity contribution is 0.103. The van der Waals surface area contributed by atoms with Gasteiger partial charge in [0.05, 0.1) is 5.69 Å². The fraction of sp³-hybridized carbons (Fsp3) is 0.533. The van der Waals surface area contributed by atoms with Crippen molar-refractivity contribution in [3.8, 4) is 5.69 Å². The van der Waals surface area contributed by atoms with Gasteiger partial charge in [0.25, 0.3) is 0 Å². The lowest BCUT2D eigenvalue weighted by Gasteiger charge is -2.41. The smallest absolute Gasteiger partial charge is 0.143 e. The number of nitrogens with one attached hydrogen (secondary N) is 1. The van der Waals surface area contributed by atoms with Gasteiger partial charge < -0.3 is 5.32 Å². The van der Waals surface area contributed by atoms with Crippen LogP contribution in [0.2, 0.25) is 0 Å². The Morgan fingerprint density at radius 1 is 1.33 bits per heavy atom. The lowest BCUT2D eigenvalue weighted by Crippen LogP contribution is -2.54. The second-order valence-electron chi connectivity index (χ2n) is 5.88. The summed E-state index contributed by atoms with van der Waals surface area (Å²) in [6, 6.07) is 9.88. The van der Waals surface area contributed by atoms with Crippen LogP contribution in [0.4, 0.5) is 0 Å². The van der Waals surface area contributed by atoms with E-state index in [2.05, 4.69) is 64.7 Å². The van der Waals surface area contributed by atoms with E-state index in [1.165, 1.54) is 5.56 Å². The molecule has 2 aromatic rings. The molecule has 1 saturated heterocycles. The molecule has 0 aliphatic carbocycles. The van der Waals surface area contributed by atoms with E-state index in [4.69, 9.17) is 0 Å². The third-order valence-corrected chi connectivity index (χ3v) is 4.28. The molecule has 21 heavy (non-hydrogen) atoms. The van der Waals surface area contributed by atoms with Crippen molar-refractivity contribution in [2.75, 3.05) is 13.1 Å². The van der Waals surface area contributed by atoms with Gasteiger partial charge in [0.1, 0.15) is 6.33 Å². The van der Waals surface area contributed by atoms with Gasteiger partial charge in [0.15, 0.2) is 0 Å². The molecule has 1 aromatic carbocycles. The first-order valence-corrected chi connectivity index (χ1v) is 7.47. The van der Waals surface area contributed by atoms with Gasteiger partial charge in [-0.2, -0.15) is 0 Å². The van der Waals surface area contributed by atoms with Gasteiger partial charge in [0, 0.05) is 31.2 Å². The van der Waals surface area contributed by atoms with Crippen LogP contribution >= 0.6 is 0 Å². The van der Waals surface area contributed by atoms with Gasteiger partial charge in [-0.05, 0) is 48.9 Å². The first-order valence-electron chi connectivity index (χ1n) is 7.47. The van der Waals surface area contributed by atoms with Crippen molar-refractivity contribution in [1.82, 2.24) is 30.4 Å². The fourth-order valence-corrected chi connectivity index (χ4v) is 2.99. The first kappa shape index (κ1) is 14.2. The maximum atomic E-state index is 3.96. The number of rotatable bonds is 3. The molecule has 1 aromatic heterocycles. The predicted octanol–water partition coefficient (Wildman–Crippen LogP) is 1.41. The van der Waals surface area contributed by atoms with Crippen LogP contribution in [0, 0.1) is 0 Å². The Morgan fingerprint density at radius 3 is 2.95 bits per heavy atom. The Bertz CT molecular complexity index is 582. The molecule has 2 heterocycles. The molecule has 6 nitrogen and oxygen atoms in total. The van der Waals surface area contributed by atoms with Gasteiger partial charge in [-0.1, -0.05) is 12.1 Å². The predicted molar refractivity (Wildman–Crippen MR) is 81.2 cm³/mol. The highest BCUT2D eigenvalue weighted by Crippen LogP contribution is 2.25. The third-order valence-electron chi connectivity index (χ3n) is 4.28. The minimum Gasteiger partial charge on any atom is -0.311 e. The Balaban J connectivity index is 1.84. The van der Waals surface area contributed by atoms with E-state index in [0.717, 1.165) is 18.8 Å². The molecule has 0 radical (unpaired) electrons. The van der Waals surface area contributed by atoms with E-state index in [0.29, 0.717) is 18.1 Å². The lowest BCUT2D eigenvalue weighted by atomic mass is 10.0. The molecule has 1 aliphatic rings. The van der Waals surface area contributed by atoms with Crippen molar-refractivity contribution in [1.29, 1.82) is 0 Å². The number of tetrazole rings is 1. The summed E-state index contributed by atoms with van der Waals surface area (Å²) < 4.78 is 1.69. The van der Waals surface area contributed by atoms with Gasteiger partial charge in [-0.25, -0.2) is 4.68 Å². The highest BCUT2D eigenvalue weighted by atomic mass is 15.5. The molecular formula is C15H22N6. The monoisotopic (exact) mass is 286 g/mol. The second-order valence-corrected chi connectivity index (χ2v) is 5.88. The van der Waals surface area contributed by atoms with Gasteiger partial charge in [0.2, 0.25) is 0 Å². The molecule has 3 rings (SSSR count). The summed E-state index contributed by atoms with van der Waals surface area (Å²) in [7, 11) is 0. The van der Waals surface area contributed by atoms with E-state index in [9.17, 15) is 0 Å². The van der Waals surface area contributed by atoms with Crippen molar-refractivity contribution < 1.29 is 0 Å². The van der Waals surface area contributed by atoms with Crippen LogP contribution in [-0.4, -0.2) is 50.3 Å². The summed E-state index contributed by atoms with van der Waals surface area (Å²) in [5, 5.41) is 14.9. The van der Waals surface area contributed by atoms with Crippen molar-refractivity contribution in [2.24, 2.45) is 0 Å². The molecule has 3 unspecified atom stereocenters. The maximum Gasteiger partial charge on any atom is 0.143 e. The number of hydrogen-bond donors (Lipinski definition) is 1. The number of nitrogens with zero attached hydrogens (tertiary/aromatic N) is 5. The summed E-state index contributed by atoms with van der Waals surface area (Å²) in [5.41, 5.74) is 2.30. The molecule has 0 spiro atoms. The first-order chi connectivity index (χ1) is 10.1. The molecule has 0 bridgehead atoms. The quantitative estimate of drug-likeness (QED) is 0.924. The van der Waals surface area contributed by atoms with Crippen LogP contribution in [0.5, 0.6) is 0 Å². The molecule has 0 saturated carbocycles. The van der Waals surface area contributed by atoms with Gasteiger partial charge >= 0.3 is 0 Å². The number of aromatic nitrogens is 4.